The van der Waals surface area contributed by atoms with Crippen LogP contribution in [-0.2, 0) is 6.42 Å². The summed E-state index contributed by atoms with van der Waals surface area (Å²) in [4.78, 5) is 4.33. The molecule has 0 saturated heterocycles. The summed E-state index contributed by atoms with van der Waals surface area (Å²) in [5, 5.41) is 10.7. The average Bonchev–Trinajstić information content (AvgIpc) is 2.29. The van der Waals surface area contributed by atoms with Crippen molar-refractivity contribution in [2.45, 2.75) is 26.4 Å². The highest BCUT2D eigenvalue weighted by atomic mass is 16.3. The highest BCUT2D eigenvalue weighted by molar-refractivity contribution is 5.81. The molecule has 1 heterocycles. The summed E-state index contributed by atoms with van der Waals surface area (Å²) in [7, 11) is 0. The predicted octanol–water partition coefficient (Wildman–Crippen LogP) is 2.79. The third kappa shape index (κ3) is 2.22. The maximum Gasteiger partial charge on any atom is 0.0704 e. The molecular weight excluding hydrogens is 198 g/mol. The second-order valence-electron chi connectivity index (χ2n) is 4.41. The van der Waals surface area contributed by atoms with E-state index in [0.29, 0.717) is 0 Å². The van der Waals surface area contributed by atoms with Gasteiger partial charge in [-0.25, -0.2) is 0 Å². The fraction of sp³-hybridized carbons (Fsp3) is 0.357. The number of aromatic nitrogens is 1. The second kappa shape index (κ2) is 4.62. The van der Waals surface area contributed by atoms with E-state index in [0.717, 1.165) is 11.9 Å². The van der Waals surface area contributed by atoms with E-state index in [9.17, 15) is 5.11 Å². The maximum atomic E-state index is 9.54. The topological polar surface area (TPSA) is 33.1 Å². The van der Waals surface area contributed by atoms with Crippen LogP contribution in [0.25, 0.3) is 10.9 Å². The van der Waals surface area contributed by atoms with Crippen LogP contribution in [-0.4, -0.2) is 16.2 Å². The Morgan fingerprint density at radius 2 is 1.94 bits per heavy atom. The van der Waals surface area contributed by atoms with E-state index in [2.05, 4.69) is 18.0 Å². The summed E-state index contributed by atoms with van der Waals surface area (Å²) in [5.41, 5.74) is 2.29. The summed E-state index contributed by atoms with van der Waals surface area (Å²) < 4.78 is 0. The molecule has 1 aromatic heterocycles. The molecule has 0 aliphatic carbocycles. The first-order chi connectivity index (χ1) is 7.68. The Kier molecular flexibility index (Phi) is 3.20. The number of aliphatic hydroxyl groups excluding tert-OH is 1. The minimum absolute atomic E-state index is 0.269. The molecule has 1 N–H and O–H groups in total. The highest BCUT2D eigenvalue weighted by Crippen LogP contribution is 2.20. The Morgan fingerprint density at radius 3 is 2.69 bits per heavy atom. The van der Waals surface area contributed by atoms with Crippen molar-refractivity contribution < 1.29 is 5.11 Å². The van der Waals surface area contributed by atoms with Gasteiger partial charge < -0.3 is 5.11 Å². The molecule has 16 heavy (non-hydrogen) atoms. The van der Waals surface area contributed by atoms with Crippen molar-refractivity contribution in [1.82, 2.24) is 4.98 Å². The molecule has 0 fully saturated rings. The quantitative estimate of drug-likeness (QED) is 0.854. The van der Waals surface area contributed by atoms with E-state index in [1.165, 1.54) is 10.9 Å². The zero-order chi connectivity index (χ0) is 11.5. The first-order valence-electron chi connectivity index (χ1n) is 5.69. The lowest BCUT2D eigenvalue weighted by molar-refractivity contribution is 0.135. The molecule has 0 aliphatic heterocycles. The van der Waals surface area contributed by atoms with Crippen molar-refractivity contribution in [3.05, 3.63) is 42.1 Å². The Labute approximate surface area is 96.0 Å². The van der Waals surface area contributed by atoms with E-state index >= 15 is 0 Å². The monoisotopic (exact) mass is 215 g/mol. The Balaban J connectivity index is 2.37. The third-order valence-corrected chi connectivity index (χ3v) is 3.10. The lowest BCUT2D eigenvalue weighted by atomic mass is 9.95. The number of benzene rings is 1. The Hall–Kier alpha value is -1.41. The molecule has 2 heteroatoms. The van der Waals surface area contributed by atoms with E-state index < -0.39 is 0 Å². The van der Waals surface area contributed by atoms with Gasteiger partial charge in [-0.2, -0.15) is 0 Å². The molecule has 84 valence electrons. The number of hydrogen-bond acceptors (Lipinski definition) is 2. The SMILES string of the molecule is CC(O)C(C)Cc1ccnc2ccccc12. The number of pyridine rings is 1. The van der Waals surface area contributed by atoms with Gasteiger partial charge in [0.25, 0.3) is 0 Å². The van der Waals surface area contributed by atoms with Gasteiger partial charge in [-0.1, -0.05) is 25.1 Å². The standard InChI is InChI=1S/C14H17NO/c1-10(11(2)16)9-12-7-8-15-14-6-4-3-5-13(12)14/h3-8,10-11,16H,9H2,1-2H3. The van der Waals surface area contributed by atoms with Gasteiger partial charge in [0, 0.05) is 11.6 Å². The molecule has 2 aromatic rings. The second-order valence-corrected chi connectivity index (χ2v) is 4.41. The van der Waals surface area contributed by atoms with Crippen molar-refractivity contribution in [1.29, 1.82) is 0 Å². The van der Waals surface area contributed by atoms with Crippen LogP contribution in [0.5, 0.6) is 0 Å². The predicted molar refractivity (Wildman–Crippen MR) is 66.3 cm³/mol. The van der Waals surface area contributed by atoms with Crippen LogP contribution in [0.1, 0.15) is 19.4 Å². The lowest BCUT2D eigenvalue weighted by Crippen LogP contribution is -2.15. The third-order valence-electron chi connectivity index (χ3n) is 3.10. The molecular formula is C14H17NO. The Morgan fingerprint density at radius 1 is 1.19 bits per heavy atom. The van der Waals surface area contributed by atoms with Gasteiger partial charge in [0.15, 0.2) is 0 Å². The lowest BCUT2D eigenvalue weighted by Gasteiger charge is -2.15. The molecule has 0 saturated carbocycles. The van der Waals surface area contributed by atoms with Crippen LogP contribution in [0.3, 0.4) is 0 Å². The van der Waals surface area contributed by atoms with Gasteiger partial charge >= 0.3 is 0 Å². The minimum Gasteiger partial charge on any atom is -0.393 e. The average molecular weight is 215 g/mol. The summed E-state index contributed by atoms with van der Waals surface area (Å²) >= 11 is 0. The van der Waals surface area contributed by atoms with Gasteiger partial charge in [-0.15, -0.1) is 0 Å². The van der Waals surface area contributed by atoms with Crippen LogP contribution in [0.15, 0.2) is 36.5 Å². The van der Waals surface area contributed by atoms with Crippen molar-refractivity contribution >= 4 is 10.9 Å². The van der Waals surface area contributed by atoms with Crippen LogP contribution in [0.4, 0.5) is 0 Å². The van der Waals surface area contributed by atoms with Gasteiger partial charge in [0.05, 0.1) is 11.6 Å². The molecule has 2 unspecified atom stereocenters. The summed E-state index contributed by atoms with van der Waals surface area (Å²) in [6.07, 6.45) is 2.46. The fourth-order valence-corrected chi connectivity index (χ4v) is 1.85. The molecule has 0 aliphatic rings. The maximum absolute atomic E-state index is 9.54. The van der Waals surface area contributed by atoms with Crippen molar-refractivity contribution in [3.63, 3.8) is 0 Å². The fourth-order valence-electron chi connectivity index (χ4n) is 1.85. The van der Waals surface area contributed by atoms with Gasteiger partial charge in [-0.05, 0) is 37.0 Å². The molecule has 0 spiro atoms. The van der Waals surface area contributed by atoms with Crippen LogP contribution in [0, 0.1) is 5.92 Å². The molecule has 2 atom stereocenters. The number of para-hydroxylation sites is 1. The van der Waals surface area contributed by atoms with E-state index in [-0.39, 0.29) is 12.0 Å². The van der Waals surface area contributed by atoms with Gasteiger partial charge in [0.1, 0.15) is 0 Å². The van der Waals surface area contributed by atoms with Crippen molar-refractivity contribution in [3.8, 4) is 0 Å². The largest absolute Gasteiger partial charge is 0.393 e. The number of fused-ring (bicyclic) bond motifs is 1. The molecule has 0 amide bonds. The number of hydrogen-bond donors (Lipinski definition) is 1. The van der Waals surface area contributed by atoms with Gasteiger partial charge in [-0.3, -0.25) is 4.98 Å². The first-order valence-corrected chi connectivity index (χ1v) is 5.69. The normalized spacial score (nSPS) is 14.9. The summed E-state index contributed by atoms with van der Waals surface area (Å²) in [6.45, 7) is 3.91. The smallest absolute Gasteiger partial charge is 0.0704 e. The molecule has 0 radical (unpaired) electrons. The van der Waals surface area contributed by atoms with Gasteiger partial charge in [0.2, 0.25) is 0 Å². The first kappa shape index (κ1) is 11.1. The van der Waals surface area contributed by atoms with Crippen LogP contribution >= 0.6 is 0 Å². The number of rotatable bonds is 3. The van der Waals surface area contributed by atoms with E-state index in [1.54, 1.807) is 0 Å². The number of aliphatic hydroxyl groups is 1. The minimum atomic E-state index is -0.271. The zero-order valence-electron chi connectivity index (χ0n) is 9.72. The molecule has 0 bridgehead atoms. The molecule has 2 rings (SSSR count). The van der Waals surface area contributed by atoms with Crippen LogP contribution in [0.2, 0.25) is 0 Å². The van der Waals surface area contributed by atoms with E-state index in [1.807, 2.05) is 37.4 Å². The van der Waals surface area contributed by atoms with E-state index in [4.69, 9.17) is 0 Å². The summed E-state index contributed by atoms with van der Waals surface area (Å²) in [6, 6.07) is 10.2. The van der Waals surface area contributed by atoms with Crippen molar-refractivity contribution in [2.24, 2.45) is 5.92 Å². The Bertz CT molecular complexity index is 474. The highest BCUT2D eigenvalue weighted by Gasteiger charge is 2.11. The van der Waals surface area contributed by atoms with Crippen molar-refractivity contribution in [2.75, 3.05) is 0 Å². The molecule has 1 aromatic carbocycles. The number of nitrogens with zero attached hydrogens (tertiary/aromatic N) is 1. The zero-order valence-corrected chi connectivity index (χ0v) is 9.72. The summed E-state index contributed by atoms with van der Waals surface area (Å²) in [5.74, 6) is 0.269. The molecule has 2 nitrogen and oxygen atoms in total. The van der Waals surface area contributed by atoms with Crippen LogP contribution < -0.4 is 0 Å².